The van der Waals surface area contributed by atoms with E-state index in [0.717, 1.165) is 29.5 Å². The van der Waals surface area contributed by atoms with Crippen molar-refractivity contribution in [3.8, 4) is 34.3 Å². The molecule has 3 aromatic rings. The van der Waals surface area contributed by atoms with E-state index >= 15 is 0 Å². The number of rotatable bonds is 8. The van der Waals surface area contributed by atoms with Crippen molar-refractivity contribution in [2.45, 2.75) is 45.6 Å². The van der Waals surface area contributed by atoms with Crippen LogP contribution in [0.4, 0.5) is 0 Å². The van der Waals surface area contributed by atoms with Gasteiger partial charge in [-0.05, 0) is 57.0 Å². The van der Waals surface area contributed by atoms with Gasteiger partial charge in [-0.25, -0.2) is 0 Å². The van der Waals surface area contributed by atoms with Gasteiger partial charge in [-0.1, -0.05) is 35.7 Å². The zero-order chi connectivity index (χ0) is 21.6. The lowest BCUT2D eigenvalue weighted by Gasteiger charge is -2.15. The van der Waals surface area contributed by atoms with Gasteiger partial charge < -0.3 is 19.3 Å². The Labute approximate surface area is 181 Å². The summed E-state index contributed by atoms with van der Waals surface area (Å²) in [5.74, 6) is 1.85. The van der Waals surface area contributed by atoms with Gasteiger partial charge in [-0.2, -0.15) is 4.98 Å². The van der Waals surface area contributed by atoms with Gasteiger partial charge in [0.1, 0.15) is 0 Å². The van der Waals surface area contributed by atoms with Crippen LogP contribution in [0, 0.1) is 6.92 Å². The van der Waals surface area contributed by atoms with Gasteiger partial charge in [0.2, 0.25) is 5.82 Å². The van der Waals surface area contributed by atoms with Crippen molar-refractivity contribution in [3.05, 3.63) is 48.0 Å². The van der Waals surface area contributed by atoms with E-state index in [2.05, 4.69) is 15.5 Å². The zero-order valence-corrected chi connectivity index (χ0v) is 17.9. The lowest BCUT2D eigenvalue weighted by Crippen LogP contribution is -2.36. The summed E-state index contributed by atoms with van der Waals surface area (Å²) >= 11 is 0. The fraction of sp³-hybridized carbons (Fsp3) is 0.375. The highest BCUT2D eigenvalue weighted by atomic mass is 16.5. The van der Waals surface area contributed by atoms with Crippen LogP contribution in [0.2, 0.25) is 0 Å². The molecule has 162 valence electrons. The normalized spacial score (nSPS) is 13.9. The summed E-state index contributed by atoms with van der Waals surface area (Å²) in [5, 5.41) is 7.12. The first-order chi connectivity index (χ1) is 15.1. The van der Waals surface area contributed by atoms with E-state index < -0.39 is 0 Å². The number of aromatic nitrogens is 2. The molecule has 1 aliphatic carbocycles. The minimum atomic E-state index is -0.112. The minimum Gasteiger partial charge on any atom is -0.490 e. The van der Waals surface area contributed by atoms with Crippen LogP contribution in [-0.4, -0.2) is 35.3 Å². The molecular weight excluding hydrogens is 394 g/mol. The molecule has 31 heavy (non-hydrogen) atoms. The number of nitrogens with one attached hydrogen (secondary N) is 1. The third-order valence-electron chi connectivity index (χ3n) is 5.31. The van der Waals surface area contributed by atoms with Gasteiger partial charge >= 0.3 is 0 Å². The van der Waals surface area contributed by atoms with E-state index in [-0.39, 0.29) is 18.6 Å². The number of nitrogens with zero attached hydrogens (tertiary/aromatic N) is 2. The molecule has 0 aliphatic heterocycles. The van der Waals surface area contributed by atoms with Gasteiger partial charge in [-0.15, -0.1) is 0 Å². The van der Waals surface area contributed by atoms with E-state index in [1.165, 1.54) is 12.8 Å². The average Bonchev–Trinajstić information content (AvgIpc) is 3.46. The summed E-state index contributed by atoms with van der Waals surface area (Å²) in [6, 6.07) is 13.6. The van der Waals surface area contributed by atoms with E-state index in [1.54, 1.807) is 12.1 Å². The Bertz CT molecular complexity index is 1020. The Morgan fingerprint density at radius 3 is 2.55 bits per heavy atom. The lowest BCUT2D eigenvalue weighted by atomic mass is 10.1. The second kappa shape index (κ2) is 9.64. The standard InChI is InChI=1S/C24H27N3O4/c1-3-29-21-14-18(23-26-24(31-27-23)17-10-8-16(2)9-11-17)12-13-20(21)30-15-22(28)25-19-6-4-5-7-19/h8-14,19H,3-7,15H2,1-2H3,(H,25,28). The topological polar surface area (TPSA) is 86.5 Å². The molecule has 1 N–H and O–H groups in total. The first-order valence-electron chi connectivity index (χ1n) is 10.7. The van der Waals surface area contributed by atoms with Crippen molar-refractivity contribution in [2.24, 2.45) is 0 Å². The maximum Gasteiger partial charge on any atom is 0.258 e. The van der Waals surface area contributed by atoms with Crippen molar-refractivity contribution < 1.29 is 18.8 Å². The Balaban J connectivity index is 1.46. The van der Waals surface area contributed by atoms with Gasteiger partial charge in [0.25, 0.3) is 11.8 Å². The molecule has 0 spiro atoms. The van der Waals surface area contributed by atoms with Gasteiger partial charge in [0.15, 0.2) is 18.1 Å². The maximum absolute atomic E-state index is 12.2. The summed E-state index contributed by atoms with van der Waals surface area (Å²) in [6.45, 7) is 4.35. The average molecular weight is 421 g/mol. The predicted molar refractivity (Wildman–Crippen MR) is 117 cm³/mol. The Morgan fingerprint density at radius 2 is 1.81 bits per heavy atom. The summed E-state index contributed by atoms with van der Waals surface area (Å²) in [7, 11) is 0. The molecule has 7 heteroatoms. The third-order valence-corrected chi connectivity index (χ3v) is 5.31. The number of carbonyl (C=O) groups excluding carboxylic acids is 1. The maximum atomic E-state index is 12.2. The molecule has 1 aromatic heterocycles. The molecular formula is C24H27N3O4. The molecule has 0 radical (unpaired) electrons. The molecule has 4 rings (SSSR count). The fourth-order valence-electron chi connectivity index (χ4n) is 3.67. The third kappa shape index (κ3) is 5.23. The molecule has 2 aromatic carbocycles. The minimum absolute atomic E-state index is 0.0459. The molecule has 1 fully saturated rings. The molecule has 1 amide bonds. The molecule has 0 saturated heterocycles. The van der Waals surface area contributed by atoms with E-state index in [9.17, 15) is 4.79 Å². The molecule has 0 unspecified atom stereocenters. The largest absolute Gasteiger partial charge is 0.490 e. The van der Waals surface area contributed by atoms with E-state index in [0.29, 0.717) is 29.8 Å². The number of amides is 1. The number of hydrogen-bond acceptors (Lipinski definition) is 6. The smallest absolute Gasteiger partial charge is 0.258 e. The number of ether oxygens (including phenoxy) is 2. The predicted octanol–water partition coefficient (Wildman–Crippen LogP) is 4.55. The number of hydrogen-bond donors (Lipinski definition) is 1. The van der Waals surface area contributed by atoms with Crippen LogP contribution in [0.5, 0.6) is 11.5 Å². The summed E-state index contributed by atoms with van der Waals surface area (Å²) < 4.78 is 16.9. The van der Waals surface area contributed by atoms with Crippen LogP contribution in [0.1, 0.15) is 38.2 Å². The number of aryl methyl sites for hydroxylation is 1. The molecule has 1 saturated carbocycles. The van der Waals surface area contributed by atoms with Crippen molar-refractivity contribution in [1.82, 2.24) is 15.5 Å². The van der Waals surface area contributed by atoms with Crippen molar-refractivity contribution in [1.29, 1.82) is 0 Å². The van der Waals surface area contributed by atoms with Gasteiger partial charge in [0.05, 0.1) is 6.61 Å². The highest BCUT2D eigenvalue weighted by molar-refractivity contribution is 5.78. The van der Waals surface area contributed by atoms with Crippen molar-refractivity contribution >= 4 is 5.91 Å². The first-order valence-corrected chi connectivity index (χ1v) is 10.7. The monoisotopic (exact) mass is 421 g/mol. The van der Waals surface area contributed by atoms with Crippen LogP contribution in [0.3, 0.4) is 0 Å². The highest BCUT2D eigenvalue weighted by Gasteiger charge is 2.18. The zero-order valence-electron chi connectivity index (χ0n) is 17.9. The van der Waals surface area contributed by atoms with E-state index in [4.69, 9.17) is 14.0 Å². The molecule has 7 nitrogen and oxygen atoms in total. The lowest BCUT2D eigenvalue weighted by molar-refractivity contribution is -0.123. The van der Waals surface area contributed by atoms with Crippen LogP contribution in [0.15, 0.2) is 47.0 Å². The highest BCUT2D eigenvalue weighted by Crippen LogP contribution is 2.32. The second-order valence-electron chi connectivity index (χ2n) is 7.72. The van der Waals surface area contributed by atoms with E-state index in [1.807, 2.05) is 44.2 Å². The van der Waals surface area contributed by atoms with Crippen LogP contribution in [0.25, 0.3) is 22.8 Å². The molecule has 0 atom stereocenters. The Morgan fingerprint density at radius 1 is 1.06 bits per heavy atom. The summed E-state index contributed by atoms with van der Waals surface area (Å²) in [4.78, 5) is 16.7. The number of benzene rings is 2. The number of carbonyl (C=O) groups is 1. The molecule has 1 heterocycles. The Kier molecular flexibility index (Phi) is 6.50. The molecule has 1 aliphatic rings. The van der Waals surface area contributed by atoms with Crippen molar-refractivity contribution in [3.63, 3.8) is 0 Å². The summed E-state index contributed by atoms with van der Waals surface area (Å²) in [5.41, 5.74) is 2.77. The first kappa shape index (κ1) is 20.9. The van der Waals surface area contributed by atoms with Gasteiger partial charge in [-0.3, -0.25) is 4.79 Å². The van der Waals surface area contributed by atoms with Crippen LogP contribution < -0.4 is 14.8 Å². The van der Waals surface area contributed by atoms with Gasteiger partial charge in [0, 0.05) is 17.2 Å². The van der Waals surface area contributed by atoms with Crippen LogP contribution >= 0.6 is 0 Å². The second-order valence-corrected chi connectivity index (χ2v) is 7.72. The quantitative estimate of drug-likeness (QED) is 0.574. The SMILES string of the molecule is CCOc1cc(-c2noc(-c3ccc(C)cc3)n2)ccc1OCC(=O)NC1CCCC1. The molecule has 0 bridgehead atoms. The summed E-state index contributed by atoms with van der Waals surface area (Å²) in [6.07, 6.45) is 4.42. The van der Waals surface area contributed by atoms with Crippen molar-refractivity contribution in [2.75, 3.05) is 13.2 Å². The fourth-order valence-corrected chi connectivity index (χ4v) is 3.67. The van der Waals surface area contributed by atoms with Crippen LogP contribution in [-0.2, 0) is 4.79 Å². The Hall–Kier alpha value is -3.35.